The highest BCUT2D eigenvalue weighted by Gasteiger charge is 2.12. The summed E-state index contributed by atoms with van der Waals surface area (Å²) in [7, 11) is 2.96. The van der Waals surface area contributed by atoms with Crippen molar-refractivity contribution in [3.63, 3.8) is 0 Å². The molecule has 0 amide bonds. The minimum atomic E-state index is -0.421. The molecule has 0 bridgehead atoms. The topological polar surface area (TPSA) is 85.4 Å². The highest BCUT2D eigenvalue weighted by atomic mass is 16.5. The summed E-state index contributed by atoms with van der Waals surface area (Å²) in [5.41, 5.74) is 2.87. The van der Waals surface area contributed by atoms with Crippen molar-refractivity contribution in [1.29, 1.82) is 0 Å². The lowest BCUT2D eigenvalue weighted by Crippen LogP contribution is -2.07. The molecule has 0 aliphatic heterocycles. The van der Waals surface area contributed by atoms with Crippen LogP contribution in [0, 0.1) is 6.92 Å². The number of nitrogens with zero attached hydrogens (tertiary/aromatic N) is 2. The van der Waals surface area contributed by atoms with Gasteiger partial charge in [-0.3, -0.25) is 0 Å². The lowest BCUT2D eigenvalue weighted by molar-refractivity contribution is 0.0602. The molecule has 0 radical (unpaired) electrons. The first-order valence-electron chi connectivity index (χ1n) is 8.30. The molecule has 2 N–H and O–H groups in total. The third-order valence-corrected chi connectivity index (χ3v) is 3.85. The highest BCUT2D eigenvalue weighted by molar-refractivity contribution is 5.96. The Bertz CT molecular complexity index is 959. The molecule has 7 nitrogen and oxygen atoms in total. The molecule has 1 aromatic heterocycles. The second kappa shape index (κ2) is 8.18. The molecule has 0 aliphatic rings. The van der Waals surface area contributed by atoms with Gasteiger partial charge in [0.05, 0.1) is 31.2 Å². The number of methoxy groups -OCH3 is 2. The van der Waals surface area contributed by atoms with Crippen LogP contribution in [-0.4, -0.2) is 30.2 Å². The van der Waals surface area contributed by atoms with Crippen LogP contribution in [0.15, 0.2) is 54.7 Å². The van der Waals surface area contributed by atoms with Gasteiger partial charge in [-0.1, -0.05) is 18.2 Å². The average molecular weight is 364 g/mol. The molecule has 1 heterocycles. The van der Waals surface area contributed by atoms with Crippen molar-refractivity contribution in [1.82, 2.24) is 9.97 Å². The number of aromatic nitrogens is 2. The van der Waals surface area contributed by atoms with Crippen LogP contribution in [0.5, 0.6) is 5.75 Å². The van der Waals surface area contributed by atoms with Gasteiger partial charge in [-0.2, -0.15) is 4.98 Å². The number of ether oxygens (including phenoxy) is 2. The van der Waals surface area contributed by atoms with Crippen molar-refractivity contribution >= 4 is 29.1 Å². The normalized spacial score (nSPS) is 10.2. The Morgan fingerprint density at radius 1 is 1.00 bits per heavy atom. The Balaban J connectivity index is 1.85. The summed E-state index contributed by atoms with van der Waals surface area (Å²) in [5, 5.41) is 6.29. The van der Waals surface area contributed by atoms with Crippen molar-refractivity contribution in [2.75, 3.05) is 24.9 Å². The van der Waals surface area contributed by atoms with Crippen LogP contribution in [0.25, 0.3) is 0 Å². The minimum absolute atomic E-state index is 0.402. The molecule has 0 spiro atoms. The number of benzene rings is 2. The molecule has 7 heteroatoms. The summed E-state index contributed by atoms with van der Waals surface area (Å²) < 4.78 is 10.2. The van der Waals surface area contributed by atoms with Crippen molar-refractivity contribution in [3.05, 3.63) is 65.9 Å². The Kier molecular flexibility index (Phi) is 5.51. The summed E-state index contributed by atoms with van der Waals surface area (Å²) in [5.74, 6) is 1.21. The van der Waals surface area contributed by atoms with Gasteiger partial charge < -0.3 is 20.1 Å². The smallest absolute Gasteiger partial charge is 0.339 e. The van der Waals surface area contributed by atoms with E-state index in [2.05, 4.69) is 20.6 Å². The SMILES string of the molecule is COC(=O)c1ccccc1Nc1ccnc(Nc2cc(C)ccc2OC)n1. The van der Waals surface area contributed by atoms with Gasteiger partial charge in [-0.25, -0.2) is 9.78 Å². The second-order valence-electron chi connectivity index (χ2n) is 5.76. The summed E-state index contributed by atoms with van der Waals surface area (Å²) in [6.45, 7) is 1.99. The van der Waals surface area contributed by atoms with Crippen LogP contribution in [0.2, 0.25) is 0 Å². The van der Waals surface area contributed by atoms with E-state index in [9.17, 15) is 4.79 Å². The Labute approximate surface area is 157 Å². The molecule has 0 unspecified atom stereocenters. The van der Waals surface area contributed by atoms with Gasteiger partial charge in [0, 0.05) is 6.20 Å². The van der Waals surface area contributed by atoms with Gasteiger partial charge in [-0.15, -0.1) is 0 Å². The number of rotatable bonds is 6. The maximum atomic E-state index is 11.9. The first-order valence-corrected chi connectivity index (χ1v) is 8.30. The van der Waals surface area contributed by atoms with Gasteiger partial charge in [-0.05, 0) is 42.8 Å². The number of esters is 1. The molecule has 138 valence electrons. The number of carbonyl (C=O) groups excluding carboxylic acids is 1. The van der Waals surface area contributed by atoms with Gasteiger partial charge in [0.2, 0.25) is 5.95 Å². The summed E-state index contributed by atoms with van der Waals surface area (Å²) in [6.07, 6.45) is 1.63. The number of carbonyl (C=O) groups is 1. The third kappa shape index (κ3) is 4.33. The van der Waals surface area contributed by atoms with E-state index in [4.69, 9.17) is 9.47 Å². The van der Waals surface area contributed by atoms with Crippen molar-refractivity contribution < 1.29 is 14.3 Å². The van der Waals surface area contributed by atoms with Gasteiger partial charge in [0.1, 0.15) is 11.6 Å². The number of nitrogens with one attached hydrogen (secondary N) is 2. The zero-order chi connectivity index (χ0) is 19.2. The number of anilines is 4. The number of para-hydroxylation sites is 1. The lowest BCUT2D eigenvalue weighted by Gasteiger charge is -2.13. The van der Waals surface area contributed by atoms with Crippen molar-refractivity contribution in [2.45, 2.75) is 6.92 Å². The fourth-order valence-electron chi connectivity index (χ4n) is 2.55. The molecule has 0 fully saturated rings. The maximum absolute atomic E-state index is 11.9. The highest BCUT2D eigenvalue weighted by Crippen LogP contribution is 2.28. The zero-order valence-corrected chi connectivity index (χ0v) is 15.3. The monoisotopic (exact) mass is 364 g/mol. The van der Waals surface area contributed by atoms with Gasteiger partial charge in [0.25, 0.3) is 0 Å². The molecular weight excluding hydrogens is 344 g/mol. The quantitative estimate of drug-likeness (QED) is 0.638. The molecule has 0 atom stereocenters. The molecule has 27 heavy (non-hydrogen) atoms. The zero-order valence-electron chi connectivity index (χ0n) is 15.3. The molecule has 3 rings (SSSR count). The van der Waals surface area contributed by atoms with E-state index in [0.29, 0.717) is 28.8 Å². The Morgan fingerprint density at radius 3 is 2.59 bits per heavy atom. The van der Waals surface area contributed by atoms with Crippen LogP contribution >= 0.6 is 0 Å². The maximum Gasteiger partial charge on any atom is 0.339 e. The van der Waals surface area contributed by atoms with E-state index in [1.165, 1.54) is 7.11 Å². The average Bonchev–Trinajstić information content (AvgIpc) is 2.68. The van der Waals surface area contributed by atoms with Crippen LogP contribution in [0.1, 0.15) is 15.9 Å². The fourth-order valence-corrected chi connectivity index (χ4v) is 2.55. The first kappa shape index (κ1) is 18.2. The minimum Gasteiger partial charge on any atom is -0.495 e. The summed E-state index contributed by atoms with van der Waals surface area (Å²) >= 11 is 0. The van der Waals surface area contributed by atoms with Crippen LogP contribution in [0.3, 0.4) is 0 Å². The first-order chi connectivity index (χ1) is 13.1. The van der Waals surface area contributed by atoms with E-state index in [1.54, 1.807) is 37.6 Å². The van der Waals surface area contributed by atoms with Crippen LogP contribution in [0.4, 0.5) is 23.1 Å². The largest absolute Gasteiger partial charge is 0.495 e. The predicted octanol–water partition coefficient (Wildman–Crippen LogP) is 4.07. The number of hydrogen-bond acceptors (Lipinski definition) is 7. The summed E-state index contributed by atoms with van der Waals surface area (Å²) in [4.78, 5) is 20.6. The van der Waals surface area contributed by atoms with E-state index < -0.39 is 5.97 Å². The molecule has 2 aromatic carbocycles. The Hall–Kier alpha value is -3.61. The molecule has 0 saturated carbocycles. The third-order valence-electron chi connectivity index (χ3n) is 3.85. The van der Waals surface area contributed by atoms with E-state index in [1.807, 2.05) is 31.2 Å². The number of hydrogen-bond donors (Lipinski definition) is 2. The predicted molar refractivity (Wildman–Crippen MR) is 104 cm³/mol. The van der Waals surface area contributed by atoms with Crippen molar-refractivity contribution in [2.24, 2.45) is 0 Å². The van der Waals surface area contributed by atoms with Gasteiger partial charge in [0.15, 0.2) is 0 Å². The lowest BCUT2D eigenvalue weighted by atomic mass is 10.2. The van der Waals surface area contributed by atoms with E-state index >= 15 is 0 Å². The molecule has 3 aromatic rings. The van der Waals surface area contributed by atoms with Gasteiger partial charge >= 0.3 is 5.97 Å². The molecule has 0 saturated heterocycles. The van der Waals surface area contributed by atoms with E-state index in [0.717, 1.165) is 11.3 Å². The summed E-state index contributed by atoms with van der Waals surface area (Å²) in [6, 6.07) is 14.6. The van der Waals surface area contributed by atoms with E-state index in [-0.39, 0.29) is 0 Å². The number of aryl methyl sites for hydroxylation is 1. The fraction of sp³-hybridized carbons (Fsp3) is 0.150. The van der Waals surface area contributed by atoms with Crippen molar-refractivity contribution in [3.8, 4) is 5.75 Å². The second-order valence-corrected chi connectivity index (χ2v) is 5.76. The Morgan fingerprint density at radius 2 is 1.81 bits per heavy atom. The molecular formula is C20H20N4O3. The van der Waals surface area contributed by atoms with Crippen LogP contribution in [-0.2, 0) is 4.74 Å². The van der Waals surface area contributed by atoms with Crippen LogP contribution < -0.4 is 15.4 Å². The molecule has 0 aliphatic carbocycles. The standard InChI is InChI=1S/C20H20N4O3/c1-13-8-9-17(26-2)16(12-13)23-20-21-11-10-18(24-20)22-15-7-5-4-6-14(15)19(25)27-3/h4-12H,1-3H3,(H2,21,22,23,24).